The quantitative estimate of drug-likeness (QED) is 0.616. The predicted octanol–water partition coefficient (Wildman–Crippen LogP) is 3.35. The second-order valence-corrected chi connectivity index (χ2v) is 9.86. The van der Waals surface area contributed by atoms with Gasteiger partial charge in [-0.1, -0.05) is 11.6 Å². The van der Waals surface area contributed by atoms with Crippen LogP contribution in [0.25, 0.3) is 10.9 Å². The largest absolute Gasteiger partial charge is 0.462 e. The highest BCUT2D eigenvalue weighted by molar-refractivity contribution is 6.30. The minimum Gasteiger partial charge on any atom is -0.462 e. The van der Waals surface area contributed by atoms with Crippen molar-refractivity contribution < 1.29 is 18.7 Å². The van der Waals surface area contributed by atoms with Crippen molar-refractivity contribution in [2.24, 2.45) is 0 Å². The molecule has 11 heteroatoms. The first-order chi connectivity index (χ1) is 15.6. The van der Waals surface area contributed by atoms with Gasteiger partial charge in [0.05, 0.1) is 5.39 Å². The van der Waals surface area contributed by atoms with E-state index in [0.29, 0.717) is 44.0 Å². The molecule has 2 saturated heterocycles. The average molecular weight is 481 g/mol. The topological polar surface area (TPSA) is 83.9 Å². The third-order valence-electron chi connectivity index (χ3n) is 5.91. The van der Waals surface area contributed by atoms with E-state index >= 15 is 0 Å². The van der Waals surface area contributed by atoms with Crippen molar-refractivity contribution in [3.8, 4) is 6.01 Å². The lowest BCUT2D eigenvalue weighted by atomic mass is 10.2. The molecule has 0 bridgehead atoms. The number of likely N-dealkylation sites (N-methyl/N-ethyl adjacent to an activating group) is 1. The van der Waals surface area contributed by atoms with Gasteiger partial charge < -0.3 is 24.2 Å². The Kier molecular flexibility index (Phi) is 6.76. The number of piperazine rings is 1. The first-order valence-corrected chi connectivity index (χ1v) is 11.6. The fraction of sp³-hybridized carbons (Fsp3) is 0.636. The van der Waals surface area contributed by atoms with Crippen molar-refractivity contribution in [2.45, 2.75) is 45.3 Å². The van der Waals surface area contributed by atoms with Gasteiger partial charge in [0.1, 0.15) is 23.5 Å². The van der Waals surface area contributed by atoms with Gasteiger partial charge in [0.2, 0.25) is 0 Å². The molecule has 1 atom stereocenters. The molecule has 33 heavy (non-hydrogen) atoms. The van der Waals surface area contributed by atoms with Crippen LogP contribution in [0.4, 0.5) is 15.0 Å². The third-order valence-corrected chi connectivity index (χ3v) is 6.17. The van der Waals surface area contributed by atoms with E-state index in [2.05, 4.69) is 26.9 Å². The first-order valence-electron chi connectivity index (χ1n) is 11.2. The van der Waals surface area contributed by atoms with E-state index in [1.165, 1.54) is 6.20 Å². The Balaban J connectivity index is 1.56. The van der Waals surface area contributed by atoms with E-state index in [4.69, 9.17) is 21.1 Å². The standard InChI is InChI=1S/C22H30ClFN6O3/c1-22(2,3)33-21(31)30-10-8-29(9-11-30)19-15-12-25-18(23)16(24)17(15)26-20(27-19)32-13-14-6-5-7-28(14)4/h12,14H,5-11,13H2,1-4H3. The lowest BCUT2D eigenvalue weighted by Crippen LogP contribution is -2.50. The van der Waals surface area contributed by atoms with Gasteiger partial charge in [-0.15, -0.1) is 0 Å². The molecule has 0 saturated carbocycles. The van der Waals surface area contributed by atoms with Crippen molar-refractivity contribution >= 4 is 34.4 Å². The van der Waals surface area contributed by atoms with E-state index in [1.807, 2.05) is 25.7 Å². The fourth-order valence-corrected chi connectivity index (χ4v) is 4.23. The minimum absolute atomic E-state index is 0.0735. The molecule has 0 radical (unpaired) electrons. The molecule has 1 amide bonds. The maximum absolute atomic E-state index is 14.8. The zero-order valence-electron chi connectivity index (χ0n) is 19.5. The summed E-state index contributed by atoms with van der Waals surface area (Å²) in [5.41, 5.74) is -0.483. The van der Waals surface area contributed by atoms with E-state index in [0.717, 1.165) is 19.4 Å². The van der Waals surface area contributed by atoms with Gasteiger partial charge >= 0.3 is 12.1 Å². The van der Waals surface area contributed by atoms with Crippen LogP contribution < -0.4 is 9.64 Å². The lowest BCUT2D eigenvalue weighted by molar-refractivity contribution is 0.0240. The van der Waals surface area contributed by atoms with Crippen molar-refractivity contribution in [2.75, 3.05) is 51.3 Å². The van der Waals surface area contributed by atoms with Gasteiger partial charge in [-0.3, -0.25) is 0 Å². The van der Waals surface area contributed by atoms with Crippen LogP contribution in [0, 0.1) is 5.82 Å². The molecule has 2 aliphatic rings. The summed E-state index contributed by atoms with van der Waals surface area (Å²) in [5, 5.41) is 0.205. The Bertz CT molecular complexity index is 1030. The van der Waals surface area contributed by atoms with Gasteiger partial charge in [-0.2, -0.15) is 9.97 Å². The summed E-state index contributed by atoms with van der Waals surface area (Å²) in [5.74, 6) is -0.185. The number of halogens is 2. The molecule has 4 heterocycles. The number of fused-ring (bicyclic) bond motifs is 1. The second-order valence-electron chi connectivity index (χ2n) is 9.50. The van der Waals surface area contributed by atoms with Gasteiger partial charge in [0, 0.05) is 38.4 Å². The van der Waals surface area contributed by atoms with E-state index in [-0.39, 0.29) is 28.8 Å². The summed E-state index contributed by atoms with van der Waals surface area (Å²) >= 11 is 5.92. The average Bonchev–Trinajstić information content (AvgIpc) is 3.18. The summed E-state index contributed by atoms with van der Waals surface area (Å²) in [6.45, 7) is 8.87. The molecular weight excluding hydrogens is 451 g/mol. The van der Waals surface area contributed by atoms with Crippen LogP contribution in [-0.4, -0.2) is 88.9 Å². The number of aromatic nitrogens is 3. The molecule has 0 aromatic carbocycles. The summed E-state index contributed by atoms with van der Waals surface area (Å²) in [7, 11) is 2.06. The number of ether oxygens (including phenoxy) is 2. The Morgan fingerprint density at radius 2 is 1.94 bits per heavy atom. The predicted molar refractivity (Wildman–Crippen MR) is 123 cm³/mol. The third kappa shape index (κ3) is 5.38. The number of carbonyl (C=O) groups is 1. The summed E-state index contributed by atoms with van der Waals surface area (Å²) in [6, 6.07) is 0.379. The molecule has 0 N–H and O–H groups in total. The van der Waals surface area contributed by atoms with E-state index < -0.39 is 11.4 Å². The molecule has 2 aromatic heterocycles. The molecule has 9 nitrogen and oxygen atoms in total. The highest BCUT2D eigenvalue weighted by Crippen LogP contribution is 2.31. The minimum atomic E-state index is -0.701. The zero-order chi connectivity index (χ0) is 23.8. The number of hydrogen-bond donors (Lipinski definition) is 0. The smallest absolute Gasteiger partial charge is 0.410 e. The molecule has 2 aromatic rings. The molecule has 0 aliphatic carbocycles. The first kappa shape index (κ1) is 23.7. The van der Waals surface area contributed by atoms with Gasteiger partial charge in [0.25, 0.3) is 0 Å². The Morgan fingerprint density at radius 3 is 2.58 bits per heavy atom. The monoisotopic (exact) mass is 480 g/mol. The van der Waals surface area contributed by atoms with Crippen LogP contribution in [-0.2, 0) is 4.74 Å². The highest BCUT2D eigenvalue weighted by Gasteiger charge is 2.29. The van der Waals surface area contributed by atoms with E-state index in [9.17, 15) is 9.18 Å². The van der Waals surface area contributed by atoms with Crippen molar-refractivity contribution in [1.29, 1.82) is 0 Å². The van der Waals surface area contributed by atoms with E-state index in [1.54, 1.807) is 4.90 Å². The van der Waals surface area contributed by atoms with Crippen LogP contribution in [0.1, 0.15) is 33.6 Å². The van der Waals surface area contributed by atoms with Crippen LogP contribution in [0.2, 0.25) is 5.15 Å². The lowest BCUT2D eigenvalue weighted by Gasteiger charge is -2.36. The van der Waals surface area contributed by atoms with Crippen molar-refractivity contribution in [3.63, 3.8) is 0 Å². The number of carbonyl (C=O) groups excluding carboxylic acids is 1. The summed E-state index contributed by atoms with van der Waals surface area (Å²) in [6.07, 6.45) is 3.28. The fourth-order valence-electron chi connectivity index (χ4n) is 4.09. The molecule has 4 rings (SSSR count). The van der Waals surface area contributed by atoms with Crippen LogP contribution >= 0.6 is 11.6 Å². The molecule has 180 valence electrons. The van der Waals surface area contributed by atoms with Gasteiger partial charge in [0.15, 0.2) is 11.0 Å². The number of rotatable bonds is 4. The molecule has 1 unspecified atom stereocenters. The van der Waals surface area contributed by atoms with Crippen LogP contribution in [0.3, 0.4) is 0 Å². The molecule has 0 spiro atoms. The summed E-state index contributed by atoms with van der Waals surface area (Å²) < 4.78 is 26.2. The van der Waals surface area contributed by atoms with Crippen molar-refractivity contribution in [3.05, 3.63) is 17.2 Å². The number of amides is 1. The van der Waals surface area contributed by atoms with Gasteiger partial charge in [-0.25, -0.2) is 14.2 Å². The van der Waals surface area contributed by atoms with Gasteiger partial charge in [-0.05, 0) is 47.2 Å². The Labute approximate surface area is 197 Å². The molecule has 2 fully saturated rings. The Hall–Kier alpha value is -2.46. The number of pyridine rings is 1. The Morgan fingerprint density at radius 1 is 1.21 bits per heavy atom. The summed E-state index contributed by atoms with van der Waals surface area (Å²) in [4.78, 5) is 31.1. The maximum Gasteiger partial charge on any atom is 0.410 e. The highest BCUT2D eigenvalue weighted by atomic mass is 35.5. The second kappa shape index (κ2) is 9.42. The van der Waals surface area contributed by atoms with Crippen LogP contribution in [0.5, 0.6) is 6.01 Å². The molecule has 2 aliphatic heterocycles. The number of likely N-dealkylation sites (tertiary alicyclic amines) is 1. The number of anilines is 1. The molecular formula is C22H30ClFN6O3. The zero-order valence-corrected chi connectivity index (χ0v) is 20.2. The number of nitrogens with zero attached hydrogens (tertiary/aromatic N) is 6. The normalized spacial score (nSPS) is 19.9. The van der Waals surface area contributed by atoms with Crippen molar-refractivity contribution in [1.82, 2.24) is 24.8 Å². The SMILES string of the molecule is CN1CCCC1COc1nc(N2CCN(C(=O)OC(C)(C)C)CC2)c2cnc(Cl)c(F)c2n1. The van der Waals surface area contributed by atoms with Crippen LogP contribution in [0.15, 0.2) is 6.20 Å². The maximum atomic E-state index is 14.8. The number of hydrogen-bond acceptors (Lipinski definition) is 8.